The predicted molar refractivity (Wildman–Crippen MR) is 61.9 cm³/mol. The van der Waals surface area contributed by atoms with Crippen LogP contribution in [0.25, 0.3) is 0 Å². The highest BCUT2D eigenvalue weighted by atomic mass is 16.2. The van der Waals surface area contributed by atoms with Gasteiger partial charge in [-0.3, -0.25) is 0 Å². The maximum absolute atomic E-state index is 11.7. The highest BCUT2D eigenvalue weighted by Crippen LogP contribution is 2.13. The molecule has 0 bridgehead atoms. The predicted octanol–water partition coefficient (Wildman–Crippen LogP) is 1.13. The van der Waals surface area contributed by atoms with Crippen LogP contribution in [0, 0.1) is 0 Å². The standard InChI is InChI=1S/C11H23N3O/c1-9(2)12-11(15)14-7-5-10(6-8-14)13(3)4/h9-10H,5-8H2,1-4H3,(H,12,15). The Balaban J connectivity index is 2.34. The Hall–Kier alpha value is -0.770. The Labute approximate surface area is 92.6 Å². The smallest absolute Gasteiger partial charge is 0.317 e. The van der Waals surface area contributed by atoms with Crippen LogP contribution in [-0.2, 0) is 0 Å². The molecule has 88 valence electrons. The first-order valence-electron chi connectivity index (χ1n) is 5.72. The van der Waals surface area contributed by atoms with E-state index in [1.807, 2.05) is 18.7 Å². The molecule has 0 aromatic rings. The monoisotopic (exact) mass is 213 g/mol. The number of piperidine rings is 1. The molecular formula is C11H23N3O. The van der Waals surface area contributed by atoms with Crippen molar-refractivity contribution >= 4 is 6.03 Å². The summed E-state index contributed by atoms with van der Waals surface area (Å²) in [5, 5.41) is 2.93. The van der Waals surface area contributed by atoms with Crippen molar-refractivity contribution in [2.24, 2.45) is 0 Å². The van der Waals surface area contributed by atoms with Gasteiger partial charge in [-0.05, 0) is 40.8 Å². The van der Waals surface area contributed by atoms with Crippen LogP contribution in [0.1, 0.15) is 26.7 Å². The molecule has 0 radical (unpaired) electrons. The van der Waals surface area contributed by atoms with Gasteiger partial charge in [-0.1, -0.05) is 0 Å². The summed E-state index contributed by atoms with van der Waals surface area (Å²) in [6, 6.07) is 0.944. The van der Waals surface area contributed by atoms with E-state index in [0.717, 1.165) is 25.9 Å². The summed E-state index contributed by atoms with van der Waals surface area (Å²) in [7, 11) is 4.21. The maximum atomic E-state index is 11.7. The van der Waals surface area contributed by atoms with Crippen molar-refractivity contribution in [1.82, 2.24) is 15.1 Å². The highest BCUT2D eigenvalue weighted by molar-refractivity contribution is 5.74. The number of hydrogen-bond donors (Lipinski definition) is 1. The van der Waals surface area contributed by atoms with Crippen molar-refractivity contribution < 1.29 is 4.79 Å². The summed E-state index contributed by atoms with van der Waals surface area (Å²) in [4.78, 5) is 15.9. The van der Waals surface area contributed by atoms with Crippen LogP contribution >= 0.6 is 0 Å². The molecule has 0 aliphatic carbocycles. The third-order valence-corrected chi connectivity index (χ3v) is 2.89. The lowest BCUT2D eigenvalue weighted by Gasteiger charge is -2.35. The molecular weight excluding hydrogens is 190 g/mol. The van der Waals surface area contributed by atoms with Gasteiger partial charge in [0.25, 0.3) is 0 Å². The lowest BCUT2D eigenvalue weighted by molar-refractivity contribution is 0.147. The van der Waals surface area contributed by atoms with Gasteiger partial charge in [-0.15, -0.1) is 0 Å². The minimum absolute atomic E-state index is 0.0854. The topological polar surface area (TPSA) is 35.6 Å². The number of nitrogens with one attached hydrogen (secondary N) is 1. The molecule has 0 spiro atoms. The SMILES string of the molecule is CC(C)NC(=O)N1CCC(N(C)C)CC1. The lowest BCUT2D eigenvalue weighted by Crippen LogP contribution is -2.49. The molecule has 0 aromatic carbocycles. The summed E-state index contributed by atoms with van der Waals surface area (Å²) in [6.45, 7) is 5.73. The third kappa shape index (κ3) is 3.70. The number of likely N-dealkylation sites (tertiary alicyclic amines) is 1. The van der Waals surface area contributed by atoms with Crippen LogP contribution in [0.2, 0.25) is 0 Å². The number of amides is 2. The Kier molecular flexibility index (Phi) is 4.39. The normalized spacial score (nSPS) is 18.7. The number of carbonyl (C=O) groups excluding carboxylic acids is 1. The zero-order chi connectivity index (χ0) is 11.4. The van der Waals surface area contributed by atoms with Crippen molar-refractivity contribution in [2.45, 2.75) is 38.8 Å². The maximum Gasteiger partial charge on any atom is 0.317 e. The Bertz CT molecular complexity index is 208. The van der Waals surface area contributed by atoms with Gasteiger partial charge >= 0.3 is 6.03 Å². The number of nitrogens with zero attached hydrogens (tertiary/aromatic N) is 2. The van der Waals surface area contributed by atoms with Crippen molar-refractivity contribution in [3.8, 4) is 0 Å². The molecule has 0 unspecified atom stereocenters. The zero-order valence-electron chi connectivity index (χ0n) is 10.3. The van der Waals surface area contributed by atoms with Gasteiger partial charge in [0.05, 0.1) is 0 Å². The molecule has 0 aromatic heterocycles. The van der Waals surface area contributed by atoms with Crippen LogP contribution in [0.4, 0.5) is 4.79 Å². The second-order valence-corrected chi connectivity index (χ2v) is 4.79. The van der Waals surface area contributed by atoms with Crippen LogP contribution in [0.15, 0.2) is 0 Å². The molecule has 2 amide bonds. The quantitative estimate of drug-likeness (QED) is 0.746. The molecule has 0 atom stereocenters. The van der Waals surface area contributed by atoms with E-state index in [1.54, 1.807) is 0 Å². The number of rotatable bonds is 2. The number of urea groups is 1. The molecule has 1 N–H and O–H groups in total. The van der Waals surface area contributed by atoms with Gasteiger partial charge in [0.2, 0.25) is 0 Å². The number of carbonyl (C=O) groups is 1. The van der Waals surface area contributed by atoms with Gasteiger partial charge in [-0.2, -0.15) is 0 Å². The molecule has 15 heavy (non-hydrogen) atoms. The van der Waals surface area contributed by atoms with E-state index >= 15 is 0 Å². The van der Waals surface area contributed by atoms with E-state index in [9.17, 15) is 4.79 Å². The average molecular weight is 213 g/mol. The van der Waals surface area contributed by atoms with E-state index in [0.29, 0.717) is 6.04 Å². The summed E-state index contributed by atoms with van der Waals surface area (Å²) < 4.78 is 0. The Morgan fingerprint density at radius 2 is 1.87 bits per heavy atom. The summed E-state index contributed by atoms with van der Waals surface area (Å²) in [5.41, 5.74) is 0. The molecule has 0 saturated carbocycles. The molecule has 1 rings (SSSR count). The first-order valence-corrected chi connectivity index (χ1v) is 5.72. The van der Waals surface area contributed by atoms with Gasteiger partial charge in [-0.25, -0.2) is 4.79 Å². The molecule has 1 heterocycles. The van der Waals surface area contributed by atoms with E-state index in [-0.39, 0.29) is 12.1 Å². The molecule has 1 aliphatic rings. The van der Waals surface area contributed by atoms with Crippen molar-refractivity contribution in [3.05, 3.63) is 0 Å². The van der Waals surface area contributed by atoms with Gasteiger partial charge in [0.15, 0.2) is 0 Å². The van der Waals surface area contributed by atoms with Crippen molar-refractivity contribution in [1.29, 1.82) is 0 Å². The second-order valence-electron chi connectivity index (χ2n) is 4.79. The second kappa shape index (κ2) is 5.35. The van der Waals surface area contributed by atoms with Crippen LogP contribution in [-0.4, -0.2) is 55.1 Å². The third-order valence-electron chi connectivity index (χ3n) is 2.89. The first-order chi connectivity index (χ1) is 7.00. The fraction of sp³-hybridized carbons (Fsp3) is 0.909. The van der Waals surface area contributed by atoms with Gasteiger partial charge in [0.1, 0.15) is 0 Å². The molecule has 1 aliphatic heterocycles. The fourth-order valence-corrected chi connectivity index (χ4v) is 1.92. The Morgan fingerprint density at radius 1 is 1.33 bits per heavy atom. The van der Waals surface area contributed by atoms with Crippen LogP contribution < -0.4 is 5.32 Å². The molecule has 4 heteroatoms. The van der Waals surface area contributed by atoms with E-state index in [2.05, 4.69) is 24.3 Å². The van der Waals surface area contributed by atoms with Crippen molar-refractivity contribution in [3.63, 3.8) is 0 Å². The summed E-state index contributed by atoms with van der Waals surface area (Å²) in [5.74, 6) is 0. The lowest BCUT2D eigenvalue weighted by atomic mass is 10.0. The minimum atomic E-state index is 0.0854. The van der Waals surface area contributed by atoms with Crippen molar-refractivity contribution in [2.75, 3.05) is 27.2 Å². The largest absolute Gasteiger partial charge is 0.336 e. The van der Waals surface area contributed by atoms with Crippen LogP contribution in [0.5, 0.6) is 0 Å². The molecule has 4 nitrogen and oxygen atoms in total. The van der Waals surface area contributed by atoms with Gasteiger partial charge in [0, 0.05) is 25.2 Å². The van der Waals surface area contributed by atoms with E-state index in [1.165, 1.54) is 0 Å². The van der Waals surface area contributed by atoms with Gasteiger partial charge < -0.3 is 15.1 Å². The highest BCUT2D eigenvalue weighted by Gasteiger charge is 2.23. The fourth-order valence-electron chi connectivity index (χ4n) is 1.92. The minimum Gasteiger partial charge on any atom is -0.336 e. The van der Waals surface area contributed by atoms with Crippen LogP contribution in [0.3, 0.4) is 0 Å². The average Bonchev–Trinajstić information content (AvgIpc) is 2.17. The molecule has 1 fully saturated rings. The Morgan fingerprint density at radius 3 is 2.27 bits per heavy atom. The van der Waals surface area contributed by atoms with E-state index < -0.39 is 0 Å². The summed E-state index contributed by atoms with van der Waals surface area (Å²) >= 11 is 0. The first kappa shape index (κ1) is 12.3. The number of hydrogen-bond acceptors (Lipinski definition) is 2. The zero-order valence-corrected chi connectivity index (χ0v) is 10.3. The summed E-state index contributed by atoms with van der Waals surface area (Å²) in [6.07, 6.45) is 2.16. The molecule has 1 saturated heterocycles. The van der Waals surface area contributed by atoms with E-state index in [4.69, 9.17) is 0 Å².